The van der Waals surface area contributed by atoms with Gasteiger partial charge in [0.05, 0.1) is 30.3 Å². The Hall–Kier alpha value is -4.28. The summed E-state index contributed by atoms with van der Waals surface area (Å²) in [5.41, 5.74) is 0.719. The summed E-state index contributed by atoms with van der Waals surface area (Å²) in [7, 11) is 1.55. The number of H-pyrrole nitrogens is 1. The van der Waals surface area contributed by atoms with Gasteiger partial charge in [0.15, 0.2) is 0 Å². The Labute approximate surface area is 271 Å². The molecule has 2 atom stereocenters. The first-order valence-corrected chi connectivity index (χ1v) is 15.8. The van der Waals surface area contributed by atoms with Crippen molar-refractivity contribution >= 4 is 5.95 Å². The van der Waals surface area contributed by atoms with Crippen molar-refractivity contribution < 1.29 is 26.3 Å². The van der Waals surface area contributed by atoms with Crippen molar-refractivity contribution in [2.75, 3.05) is 4.90 Å². The van der Waals surface area contributed by atoms with E-state index in [1.54, 1.807) is 11.9 Å². The predicted molar refractivity (Wildman–Crippen MR) is 162 cm³/mol. The van der Waals surface area contributed by atoms with Crippen molar-refractivity contribution in [3.63, 3.8) is 0 Å². The second kappa shape index (κ2) is 13.0. The summed E-state index contributed by atoms with van der Waals surface area (Å²) in [4.78, 5) is 14.9. The number of aromatic amines is 1. The lowest BCUT2D eigenvalue weighted by atomic mass is 9.87. The molecule has 1 fully saturated rings. The van der Waals surface area contributed by atoms with Gasteiger partial charge in [0.2, 0.25) is 0 Å². The quantitative estimate of drug-likeness (QED) is 0.183. The molecule has 2 aliphatic rings. The molecule has 0 saturated heterocycles. The first-order chi connectivity index (χ1) is 22.7. The number of tetrazole rings is 2. The van der Waals surface area contributed by atoms with E-state index in [1.165, 1.54) is 9.48 Å². The number of halogens is 6. The molecule has 258 valence electrons. The summed E-state index contributed by atoms with van der Waals surface area (Å²) in [6, 6.07) is 5.38. The van der Waals surface area contributed by atoms with Crippen LogP contribution in [0.5, 0.6) is 0 Å². The van der Waals surface area contributed by atoms with Crippen LogP contribution in [0, 0.1) is 13.8 Å². The fraction of sp³-hybridized carbons (Fsp3) is 0.548. The molecule has 2 N–H and O–H groups in total. The van der Waals surface area contributed by atoms with Gasteiger partial charge in [-0.2, -0.15) is 35.8 Å². The van der Waals surface area contributed by atoms with Gasteiger partial charge in [-0.05, 0) is 115 Å². The zero-order valence-electron chi connectivity index (χ0n) is 26.6. The third kappa shape index (κ3) is 7.10. The maximum Gasteiger partial charge on any atom is 0.416 e. The summed E-state index contributed by atoms with van der Waals surface area (Å²) in [5, 5.41) is 26.1. The number of anilines is 1. The lowest BCUT2D eigenvalue weighted by Gasteiger charge is -2.34. The van der Waals surface area contributed by atoms with E-state index < -0.39 is 29.5 Å². The number of rotatable bonds is 7. The van der Waals surface area contributed by atoms with Crippen LogP contribution in [0.1, 0.15) is 102 Å². The third-order valence-corrected chi connectivity index (χ3v) is 9.35. The number of aryl methyl sites for hydroxylation is 3. The Morgan fingerprint density at radius 3 is 2.19 bits per heavy atom. The Bertz CT molecular complexity index is 1770. The molecule has 0 radical (unpaired) electrons. The minimum atomic E-state index is -4.97. The Balaban J connectivity index is 1.34. The maximum absolute atomic E-state index is 13.8. The summed E-state index contributed by atoms with van der Waals surface area (Å²) in [6.07, 6.45) is -4.78. The molecule has 6 rings (SSSR count). The highest BCUT2D eigenvalue weighted by molar-refractivity contribution is 5.48. The minimum absolute atomic E-state index is 0.0359. The van der Waals surface area contributed by atoms with Crippen molar-refractivity contribution in [1.29, 1.82) is 0 Å². The molecule has 1 saturated carbocycles. The molecule has 2 aromatic carbocycles. The number of fused-ring (bicyclic) bond motifs is 1. The smallest absolute Gasteiger partial charge is 0.327 e. The molecule has 17 heteroatoms. The highest BCUT2D eigenvalue weighted by atomic mass is 19.4. The number of hydrogen-bond acceptors (Lipinski definition) is 8. The number of alkyl halides is 6. The van der Waals surface area contributed by atoms with Gasteiger partial charge in [-0.25, -0.2) is 9.89 Å². The normalized spacial score (nSPS) is 21.9. The van der Waals surface area contributed by atoms with Gasteiger partial charge in [0.1, 0.15) is 0 Å². The average Bonchev–Trinajstić information content (AvgIpc) is 3.60. The summed E-state index contributed by atoms with van der Waals surface area (Å²) in [5.74, 6) is 0.103. The van der Waals surface area contributed by atoms with Crippen molar-refractivity contribution in [2.24, 2.45) is 7.05 Å². The molecule has 2 aliphatic carbocycles. The van der Waals surface area contributed by atoms with Crippen LogP contribution in [0.15, 0.2) is 35.1 Å². The summed E-state index contributed by atoms with van der Waals surface area (Å²) >= 11 is 0. The van der Waals surface area contributed by atoms with Crippen LogP contribution in [-0.4, -0.2) is 46.5 Å². The van der Waals surface area contributed by atoms with Crippen molar-refractivity contribution in [1.82, 2.24) is 45.7 Å². The summed E-state index contributed by atoms with van der Waals surface area (Å²) < 4.78 is 84.1. The van der Waals surface area contributed by atoms with Gasteiger partial charge in [-0.3, -0.25) is 0 Å². The number of hydrogen-bond donors (Lipinski definition) is 2. The number of benzene rings is 2. The molecule has 0 amide bonds. The molecule has 0 bridgehead atoms. The average molecular weight is 679 g/mol. The molecule has 2 heterocycles. The molecule has 0 spiro atoms. The third-order valence-electron chi connectivity index (χ3n) is 9.35. The topological polar surface area (TPSA) is 122 Å². The highest BCUT2D eigenvalue weighted by Crippen LogP contribution is 2.43. The van der Waals surface area contributed by atoms with Gasteiger partial charge in [0.25, 0.3) is 5.95 Å². The second-order valence-corrected chi connectivity index (χ2v) is 12.8. The molecular weight excluding hydrogens is 642 g/mol. The van der Waals surface area contributed by atoms with Crippen LogP contribution in [0.3, 0.4) is 0 Å². The molecule has 4 aromatic rings. The van der Waals surface area contributed by atoms with E-state index in [0.29, 0.717) is 12.8 Å². The van der Waals surface area contributed by atoms with Crippen LogP contribution >= 0.6 is 0 Å². The van der Waals surface area contributed by atoms with Gasteiger partial charge < -0.3 is 10.2 Å². The zero-order chi connectivity index (χ0) is 34.4. The predicted octanol–water partition coefficient (Wildman–Crippen LogP) is 5.89. The van der Waals surface area contributed by atoms with Gasteiger partial charge in [-0.15, -0.1) is 5.10 Å². The Morgan fingerprint density at radius 2 is 1.60 bits per heavy atom. The second-order valence-electron chi connectivity index (χ2n) is 12.8. The number of aromatic nitrogens is 8. The van der Waals surface area contributed by atoms with E-state index in [4.69, 9.17) is 0 Å². The van der Waals surface area contributed by atoms with E-state index in [9.17, 15) is 31.1 Å². The number of nitrogens with zero attached hydrogens (tertiary/aromatic N) is 8. The lowest BCUT2D eigenvalue weighted by Crippen LogP contribution is -2.38. The van der Waals surface area contributed by atoms with Crippen LogP contribution in [0.4, 0.5) is 32.3 Å². The molecule has 48 heavy (non-hydrogen) atoms. The van der Waals surface area contributed by atoms with E-state index >= 15 is 0 Å². The fourth-order valence-electron chi connectivity index (χ4n) is 7.30. The van der Waals surface area contributed by atoms with Crippen LogP contribution < -0.4 is 15.9 Å². The first kappa shape index (κ1) is 33.6. The van der Waals surface area contributed by atoms with Gasteiger partial charge >= 0.3 is 18.0 Å². The van der Waals surface area contributed by atoms with E-state index in [2.05, 4.69) is 42.3 Å². The van der Waals surface area contributed by atoms with Gasteiger partial charge in [0, 0.05) is 18.6 Å². The molecule has 11 nitrogen and oxygen atoms in total. The SMILES string of the molecule is Cc1cc(C)c2c(c1)[C@@H](N(Cc1cc(C(F)(F)F)cc(C(F)(F)F)c1)c1nnn(C)n1)CCCC2NC1CCC(n2nn[nH]c2=O)CC1. The van der Waals surface area contributed by atoms with Crippen molar-refractivity contribution in [3.8, 4) is 0 Å². The fourth-order valence-corrected chi connectivity index (χ4v) is 7.30. The van der Waals surface area contributed by atoms with E-state index in [1.807, 2.05) is 19.9 Å². The largest absolute Gasteiger partial charge is 0.416 e. The monoisotopic (exact) mass is 678 g/mol. The molecule has 2 aromatic heterocycles. The molecule has 1 unspecified atom stereocenters. The van der Waals surface area contributed by atoms with Crippen molar-refractivity contribution in [3.05, 3.63) is 79.8 Å². The van der Waals surface area contributed by atoms with Crippen molar-refractivity contribution in [2.45, 2.75) is 102 Å². The Kier molecular flexibility index (Phi) is 9.08. The maximum atomic E-state index is 13.8. The summed E-state index contributed by atoms with van der Waals surface area (Å²) in [6.45, 7) is 3.67. The van der Waals surface area contributed by atoms with Gasteiger partial charge in [-0.1, -0.05) is 22.8 Å². The molecular formula is C31H36F6N10O. The van der Waals surface area contributed by atoms with Crippen LogP contribution in [0.2, 0.25) is 0 Å². The minimum Gasteiger partial charge on any atom is -0.327 e. The van der Waals surface area contributed by atoms with Crippen LogP contribution in [0.25, 0.3) is 0 Å². The van der Waals surface area contributed by atoms with E-state index in [0.717, 1.165) is 66.5 Å². The van der Waals surface area contributed by atoms with E-state index in [-0.39, 0.29) is 47.9 Å². The zero-order valence-corrected chi connectivity index (χ0v) is 26.6. The number of nitrogens with one attached hydrogen (secondary N) is 2. The first-order valence-electron chi connectivity index (χ1n) is 15.8. The Morgan fingerprint density at radius 1 is 0.917 bits per heavy atom. The lowest BCUT2D eigenvalue weighted by molar-refractivity contribution is -0.143. The highest BCUT2D eigenvalue weighted by Gasteiger charge is 2.38. The standard InChI is InChI=1S/C31H36F6N10O/c1-17-11-18(2)27-24(12-17)26(6-4-5-25(27)38-22-7-9-23(10-8-22)47-29(48)40-42-44-47)46(28-39-43-45(3)41-28)16-19-13-20(30(32,33)34)15-21(14-19)31(35,36)37/h11-15,22-23,25-26,38H,4-10,16H2,1-3H3,(H,40,44,48)/t22?,23?,25?,26-/m0/s1. The molecule has 0 aliphatic heterocycles. The van der Waals surface area contributed by atoms with Crippen LogP contribution in [-0.2, 0) is 25.9 Å².